The Kier molecular flexibility index (Phi) is 5.39. The maximum atomic E-state index is 6.00. The third-order valence-electron chi connectivity index (χ3n) is 3.21. The Labute approximate surface area is 127 Å². The zero-order valence-electron chi connectivity index (χ0n) is 13.4. The summed E-state index contributed by atoms with van der Waals surface area (Å²) in [4.78, 5) is 0. The average molecular weight is 287 g/mol. The maximum Gasteiger partial charge on any atom is 0.165 e. The van der Waals surface area contributed by atoms with Crippen LogP contribution >= 0.6 is 0 Å². The van der Waals surface area contributed by atoms with E-state index in [1.807, 2.05) is 16.9 Å². The summed E-state index contributed by atoms with van der Waals surface area (Å²) in [5, 5.41) is 7.74. The number of aryl methyl sites for hydroxylation is 2. The lowest BCUT2D eigenvalue weighted by Crippen LogP contribution is -2.22. The van der Waals surface area contributed by atoms with Crippen LogP contribution in [0.15, 0.2) is 30.6 Å². The lowest BCUT2D eigenvalue weighted by molar-refractivity contribution is 0.467. The number of rotatable bonds is 7. The van der Waals surface area contributed by atoms with Crippen LogP contribution in [0.2, 0.25) is 0 Å². The monoisotopic (exact) mass is 287 g/mol. The van der Waals surface area contributed by atoms with Gasteiger partial charge in [0, 0.05) is 24.7 Å². The molecular weight excluding hydrogens is 262 g/mol. The van der Waals surface area contributed by atoms with Gasteiger partial charge in [-0.1, -0.05) is 38.5 Å². The largest absolute Gasteiger partial charge is 0.454 e. The Bertz CT molecular complexity index is 575. The van der Waals surface area contributed by atoms with Crippen molar-refractivity contribution in [1.82, 2.24) is 15.1 Å². The van der Waals surface area contributed by atoms with E-state index in [1.165, 1.54) is 11.1 Å². The number of hydrogen-bond donors (Lipinski definition) is 1. The molecule has 21 heavy (non-hydrogen) atoms. The van der Waals surface area contributed by atoms with E-state index in [2.05, 4.69) is 50.2 Å². The van der Waals surface area contributed by atoms with Gasteiger partial charge in [0.2, 0.25) is 0 Å². The first-order valence-electron chi connectivity index (χ1n) is 7.61. The molecule has 1 heterocycles. The molecule has 0 spiro atoms. The standard InChI is InChI=1S/C17H25N3O/c1-5-8-20-12-16(11-19-20)21-17-7-6-14(4)9-15(17)10-18-13(2)3/h6-7,9,11-13,18H,5,8,10H2,1-4H3. The summed E-state index contributed by atoms with van der Waals surface area (Å²) >= 11 is 0. The summed E-state index contributed by atoms with van der Waals surface area (Å²) in [5.74, 6) is 1.68. The second-order valence-electron chi connectivity index (χ2n) is 5.69. The van der Waals surface area contributed by atoms with Gasteiger partial charge in [-0.25, -0.2) is 0 Å². The predicted octanol–water partition coefficient (Wildman–Crippen LogP) is 3.89. The average Bonchev–Trinajstić information content (AvgIpc) is 2.87. The smallest absolute Gasteiger partial charge is 0.165 e. The normalized spacial score (nSPS) is 11.1. The van der Waals surface area contributed by atoms with E-state index < -0.39 is 0 Å². The van der Waals surface area contributed by atoms with Crippen molar-refractivity contribution in [1.29, 1.82) is 0 Å². The molecule has 0 bridgehead atoms. The molecule has 1 N–H and O–H groups in total. The molecule has 0 fully saturated rings. The highest BCUT2D eigenvalue weighted by Crippen LogP contribution is 2.26. The fourth-order valence-electron chi connectivity index (χ4n) is 2.14. The number of benzene rings is 1. The molecule has 0 aliphatic carbocycles. The third-order valence-corrected chi connectivity index (χ3v) is 3.21. The van der Waals surface area contributed by atoms with E-state index in [4.69, 9.17) is 4.74 Å². The first kappa shape index (κ1) is 15.6. The molecule has 0 amide bonds. The highest BCUT2D eigenvalue weighted by molar-refractivity contribution is 5.39. The minimum atomic E-state index is 0.450. The molecule has 0 aliphatic heterocycles. The van der Waals surface area contributed by atoms with Gasteiger partial charge >= 0.3 is 0 Å². The molecule has 2 aromatic rings. The Morgan fingerprint density at radius 3 is 2.86 bits per heavy atom. The number of ether oxygens (including phenoxy) is 1. The van der Waals surface area contributed by atoms with Crippen LogP contribution < -0.4 is 10.1 Å². The molecule has 4 heteroatoms. The summed E-state index contributed by atoms with van der Waals surface area (Å²) in [6, 6.07) is 6.72. The van der Waals surface area contributed by atoms with Crippen LogP contribution in [0, 0.1) is 6.92 Å². The quantitative estimate of drug-likeness (QED) is 0.839. The van der Waals surface area contributed by atoms with Gasteiger partial charge in [-0.15, -0.1) is 0 Å². The minimum absolute atomic E-state index is 0.450. The van der Waals surface area contributed by atoms with Gasteiger partial charge in [0.1, 0.15) is 5.75 Å². The van der Waals surface area contributed by atoms with Gasteiger partial charge in [0.05, 0.1) is 12.4 Å². The molecule has 114 valence electrons. The Hall–Kier alpha value is -1.81. The van der Waals surface area contributed by atoms with E-state index in [1.54, 1.807) is 6.20 Å². The van der Waals surface area contributed by atoms with Crippen molar-refractivity contribution in [3.05, 3.63) is 41.7 Å². The van der Waals surface area contributed by atoms with Crippen molar-refractivity contribution in [3.8, 4) is 11.5 Å². The van der Waals surface area contributed by atoms with Crippen LogP contribution in [-0.4, -0.2) is 15.8 Å². The van der Waals surface area contributed by atoms with Gasteiger partial charge in [-0.2, -0.15) is 5.10 Å². The van der Waals surface area contributed by atoms with Crippen LogP contribution in [0.1, 0.15) is 38.3 Å². The van der Waals surface area contributed by atoms with Gasteiger partial charge in [-0.05, 0) is 19.4 Å². The fraction of sp³-hybridized carbons (Fsp3) is 0.471. The van der Waals surface area contributed by atoms with E-state index in [0.29, 0.717) is 6.04 Å². The molecular formula is C17H25N3O. The Balaban J connectivity index is 2.13. The van der Waals surface area contributed by atoms with Crippen molar-refractivity contribution in [2.75, 3.05) is 0 Å². The van der Waals surface area contributed by atoms with Crippen molar-refractivity contribution < 1.29 is 4.74 Å². The first-order valence-corrected chi connectivity index (χ1v) is 7.61. The molecule has 0 saturated carbocycles. The van der Waals surface area contributed by atoms with E-state index in [-0.39, 0.29) is 0 Å². The van der Waals surface area contributed by atoms with Crippen LogP contribution in [0.3, 0.4) is 0 Å². The minimum Gasteiger partial charge on any atom is -0.454 e. The van der Waals surface area contributed by atoms with Crippen LogP contribution in [0.5, 0.6) is 11.5 Å². The van der Waals surface area contributed by atoms with E-state index in [9.17, 15) is 0 Å². The predicted molar refractivity (Wildman–Crippen MR) is 85.7 cm³/mol. The zero-order chi connectivity index (χ0) is 15.2. The Morgan fingerprint density at radius 2 is 2.14 bits per heavy atom. The zero-order valence-corrected chi connectivity index (χ0v) is 13.4. The molecule has 4 nitrogen and oxygen atoms in total. The molecule has 1 aromatic carbocycles. The van der Waals surface area contributed by atoms with Crippen LogP contribution in [0.4, 0.5) is 0 Å². The Morgan fingerprint density at radius 1 is 1.33 bits per heavy atom. The summed E-state index contributed by atoms with van der Waals surface area (Å²) < 4.78 is 7.91. The van der Waals surface area contributed by atoms with Gasteiger partial charge < -0.3 is 10.1 Å². The summed E-state index contributed by atoms with van der Waals surface area (Å²) in [6.45, 7) is 10.2. The van der Waals surface area contributed by atoms with Gasteiger partial charge in [0.15, 0.2) is 5.75 Å². The van der Waals surface area contributed by atoms with Gasteiger partial charge in [0.25, 0.3) is 0 Å². The van der Waals surface area contributed by atoms with Gasteiger partial charge in [-0.3, -0.25) is 4.68 Å². The topological polar surface area (TPSA) is 39.1 Å². The summed E-state index contributed by atoms with van der Waals surface area (Å²) in [6.07, 6.45) is 4.79. The lowest BCUT2D eigenvalue weighted by Gasteiger charge is -2.13. The number of nitrogens with zero attached hydrogens (tertiary/aromatic N) is 2. The second-order valence-corrected chi connectivity index (χ2v) is 5.69. The summed E-state index contributed by atoms with van der Waals surface area (Å²) in [7, 11) is 0. The second kappa shape index (κ2) is 7.27. The highest BCUT2D eigenvalue weighted by Gasteiger charge is 2.08. The van der Waals surface area contributed by atoms with Crippen LogP contribution in [-0.2, 0) is 13.1 Å². The molecule has 1 aromatic heterocycles. The van der Waals surface area contributed by atoms with Crippen molar-refractivity contribution in [3.63, 3.8) is 0 Å². The first-order chi connectivity index (χ1) is 10.1. The molecule has 0 saturated heterocycles. The van der Waals surface area contributed by atoms with Crippen molar-refractivity contribution in [2.45, 2.75) is 53.2 Å². The number of nitrogens with one attached hydrogen (secondary N) is 1. The SMILES string of the molecule is CCCn1cc(Oc2ccc(C)cc2CNC(C)C)cn1. The highest BCUT2D eigenvalue weighted by atomic mass is 16.5. The molecule has 0 radical (unpaired) electrons. The molecule has 0 unspecified atom stereocenters. The maximum absolute atomic E-state index is 6.00. The molecule has 0 atom stereocenters. The van der Waals surface area contributed by atoms with Crippen molar-refractivity contribution >= 4 is 0 Å². The van der Waals surface area contributed by atoms with E-state index in [0.717, 1.165) is 31.0 Å². The fourth-order valence-corrected chi connectivity index (χ4v) is 2.14. The third kappa shape index (κ3) is 4.60. The van der Waals surface area contributed by atoms with Crippen LogP contribution in [0.25, 0.3) is 0 Å². The summed E-state index contributed by atoms with van der Waals surface area (Å²) in [5.41, 5.74) is 2.41. The van der Waals surface area contributed by atoms with E-state index >= 15 is 0 Å². The number of aromatic nitrogens is 2. The lowest BCUT2D eigenvalue weighted by atomic mass is 10.1. The van der Waals surface area contributed by atoms with Crippen molar-refractivity contribution in [2.24, 2.45) is 0 Å². The molecule has 2 rings (SSSR count). The number of hydrogen-bond acceptors (Lipinski definition) is 3. The molecule has 0 aliphatic rings.